The minimum absolute atomic E-state index is 0.0534. The number of halogens is 3. The maximum absolute atomic E-state index is 12.3. The van der Waals surface area contributed by atoms with E-state index >= 15 is 0 Å². The summed E-state index contributed by atoms with van der Waals surface area (Å²) in [5.74, 6) is 8.30. The normalized spacial score (nSPS) is 13.3. The standard InChI is InChI=1S/C19H17ClF2N4O3S/c20-14-8-11(9-15-16(14)28-7-1-6-27-15)10-30-19-25-24-17(26(19)23)12-2-4-13(5-3-12)29-18(21)22/h2-5,8-9,18H,1,6-7,10,23H2. The van der Waals surface area contributed by atoms with E-state index in [1.165, 1.54) is 28.6 Å². The topological polar surface area (TPSA) is 84.4 Å². The van der Waals surface area contributed by atoms with Gasteiger partial charge in [-0.15, -0.1) is 10.2 Å². The van der Waals surface area contributed by atoms with Gasteiger partial charge in [0.15, 0.2) is 17.3 Å². The lowest BCUT2D eigenvalue weighted by molar-refractivity contribution is -0.0498. The van der Waals surface area contributed by atoms with Crippen LogP contribution in [0.5, 0.6) is 17.2 Å². The van der Waals surface area contributed by atoms with Gasteiger partial charge in [-0.3, -0.25) is 0 Å². The number of rotatable bonds is 6. The molecule has 0 unspecified atom stereocenters. The number of thioether (sulfide) groups is 1. The molecule has 0 atom stereocenters. The molecule has 0 saturated carbocycles. The van der Waals surface area contributed by atoms with Gasteiger partial charge in [-0.2, -0.15) is 8.78 Å². The maximum atomic E-state index is 12.3. The van der Waals surface area contributed by atoms with Crippen molar-refractivity contribution in [3.8, 4) is 28.6 Å². The second kappa shape index (κ2) is 8.97. The van der Waals surface area contributed by atoms with Gasteiger partial charge in [-0.05, 0) is 42.0 Å². The third-order valence-corrected chi connectivity index (χ3v) is 5.53. The van der Waals surface area contributed by atoms with Gasteiger partial charge in [0.25, 0.3) is 0 Å². The SMILES string of the molecule is Nn1c(SCc2cc(Cl)c3c(c2)OCCCO3)nnc1-c1ccc(OC(F)F)cc1. The quantitative estimate of drug-likeness (QED) is 0.437. The number of aromatic nitrogens is 3. The molecule has 1 aliphatic rings. The summed E-state index contributed by atoms with van der Waals surface area (Å²) < 4.78 is 41.6. The average Bonchev–Trinajstić information content (AvgIpc) is 2.92. The Labute approximate surface area is 180 Å². The monoisotopic (exact) mass is 454 g/mol. The van der Waals surface area contributed by atoms with E-state index in [2.05, 4.69) is 14.9 Å². The van der Waals surface area contributed by atoms with E-state index in [9.17, 15) is 8.78 Å². The van der Waals surface area contributed by atoms with Crippen LogP contribution in [0.15, 0.2) is 41.6 Å². The zero-order valence-electron chi connectivity index (χ0n) is 15.6. The summed E-state index contributed by atoms with van der Waals surface area (Å²) in [6, 6.07) is 9.72. The fourth-order valence-corrected chi connectivity index (χ4v) is 3.95. The molecule has 2 N–H and O–H groups in total. The highest BCUT2D eigenvalue weighted by Crippen LogP contribution is 2.39. The van der Waals surface area contributed by atoms with Crippen LogP contribution in [0, 0.1) is 0 Å². The summed E-state index contributed by atoms with van der Waals surface area (Å²) in [5, 5.41) is 9.19. The van der Waals surface area contributed by atoms with Gasteiger partial charge in [-0.1, -0.05) is 23.4 Å². The lowest BCUT2D eigenvalue weighted by atomic mass is 10.2. The minimum atomic E-state index is -2.88. The van der Waals surface area contributed by atoms with Gasteiger partial charge < -0.3 is 20.1 Å². The molecule has 0 radical (unpaired) electrons. The van der Waals surface area contributed by atoms with Crippen LogP contribution >= 0.6 is 23.4 Å². The molecule has 7 nitrogen and oxygen atoms in total. The molecular formula is C19H17ClF2N4O3S. The molecule has 0 bridgehead atoms. The van der Waals surface area contributed by atoms with Gasteiger partial charge in [0.1, 0.15) is 5.75 Å². The lowest BCUT2D eigenvalue weighted by Crippen LogP contribution is -2.11. The summed E-state index contributed by atoms with van der Waals surface area (Å²) >= 11 is 7.71. The first-order valence-corrected chi connectivity index (χ1v) is 10.3. The van der Waals surface area contributed by atoms with Crippen LogP contribution < -0.4 is 20.1 Å². The Morgan fingerprint density at radius 3 is 2.70 bits per heavy atom. The molecule has 2 heterocycles. The summed E-state index contributed by atoms with van der Waals surface area (Å²) in [6.07, 6.45) is 0.795. The second-order valence-corrected chi connectivity index (χ2v) is 7.67. The molecule has 0 saturated heterocycles. The van der Waals surface area contributed by atoms with Crippen molar-refractivity contribution in [2.45, 2.75) is 23.9 Å². The van der Waals surface area contributed by atoms with Crippen LogP contribution in [-0.4, -0.2) is 34.7 Å². The summed E-state index contributed by atoms with van der Waals surface area (Å²) in [4.78, 5) is 0. The molecule has 30 heavy (non-hydrogen) atoms. The predicted molar refractivity (Wildman–Crippen MR) is 109 cm³/mol. The van der Waals surface area contributed by atoms with E-state index in [0.717, 1.165) is 12.0 Å². The molecule has 0 spiro atoms. The van der Waals surface area contributed by atoms with Crippen LogP contribution in [0.1, 0.15) is 12.0 Å². The minimum Gasteiger partial charge on any atom is -0.489 e. The molecule has 3 aromatic rings. The Hall–Kier alpha value is -2.72. The average molecular weight is 455 g/mol. The molecule has 2 aromatic carbocycles. The molecule has 1 aliphatic heterocycles. The number of alkyl halides is 2. The summed E-state index contributed by atoms with van der Waals surface area (Å²) in [6.45, 7) is -1.74. The molecule has 4 rings (SSSR count). The second-order valence-electron chi connectivity index (χ2n) is 6.32. The fraction of sp³-hybridized carbons (Fsp3) is 0.263. The number of hydrogen-bond donors (Lipinski definition) is 1. The molecule has 158 valence electrons. The largest absolute Gasteiger partial charge is 0.489 e. The van der Waals surface area contributed by atoms with Crippen LogP contribution in [0.4, 0.5) is 8.78 Å². The van der Waals surface area contributed by atoms with Crippen molar-refractivity contribution >= 4 is 23.4 Å². The maximum Gasteiger partial charge on any atom is 0.387 e. The highest BCUT2D eigenvalue weighted by atomic mass is 35.5. The van der Waals surface area contributed by atoms with Gasteiger partial charge >= 0.3 is 6.61 Å². The molecule has 0 aliphatic carbocycles. The van der Waals surface area contributed by atoms with E-state index in [1.54, 1.807) is 12.1 Å². The first-order valence-electron chi connectivity index (χ1n) is 8.98. The third-order valence-electron chi connectivity index (χ3n) is 4.23. The van der Waals surface area contributed by atoms with Crippen LogP contribution in [0.3, 0.4) is 0 Å². The van der Waals surface area contributed by atoms with Crippen LogP contribution in [0.25, 0.3) is 11.4 Å². The first-order chi connectivity index (χ1) is 14.5. The van der Waals surface area contributed by atoms with Crippen molar-refractivity contribution in [2.24, 2.45) is 0 Å². The van der Waals surface area contributed by atoms with Gasteiger partial charge in [0.05, 0.1) is 18.2 Å². The van der Waals surface area contributed by atoms with Gasteiger partial charge in [-0.25, -0.2) is 4.68 Å². The van der Waals surface area contributed by atoms with Crippen molar-refractivity contribution in [1.82, 2.24) is 14.9 Å². The zero-order valence-corrected chi connectivity index (χ0v) is 17.1. The van der Waals surface area contributed by atoms with E-state index in [0.29, 0.717) is 52.0 Å². The molecule has 1 aromatic heterocycles. The highest BCUT2D eigenvalue weighted by molar-refractivity contribution is 7.98. The third kappa shape index (κ3) is 4.54. The van der Waals surface area contributed by atoms with E-state index in [1.807, 2.05) is 12.1 Å². The first kappa shape index (κ1) is 20.5. The van der Waals surface area contributed by atoms with Crippen LogP contribution in [-0.2, 0) is 5.75 Å². The van der Waals surface area contributed by atoms with Crippen molar-refractivity contribution in [3.05, 3.63) is 47.0 Å². The van der Waals surface area contributed by atoms with Crippen molar-refractivity contribution < 1.29 is 23.0 Å². The Bertz CT molecular complexity index is 1030. The number of nitrogen functional groups attached to an aromatic ring is 1. The number of benzene rings is 2. The molecule has 0 amide bonds. The Morgan fingerprint density at radius 2 is 1.93 bits per heavy atom. The Morgan fingerprint density at radius 1 is 1.17 bits per heavy atom. The highest BCUT2D eigenvalue weighted by Gasteiger charge is 2.17. The number of hydrogen-bond acceptors (Lipinski definition) is 7. The number of nitrogens with two attached hydrogens (primary N) is 1. The molecule has 0 fully saturated rings. The van der Waals surface area contributed by atoms with Crippen molar-refractivity contribution in [3.63, 3.8) is 0 Å². The van der Waals surface area contributed by atoms with E-state index in [4.69, 9.17) is 26.9 Å². The smallest absolute Gasteiger partial charge is 0.387 e. The van der Waals surface area contributed by atoms with Gasteiger partial charge in [0, 0.05) is 17.7 Å². The summed E-state index contributed by atoms with van der Waals surface area (Å²) in [5.41, 5.74) is 1.55. The summed E-state index contributed by atoms with van der Waals surface area (Å²) in [7, 11) is 0. The number of ether oxygens (including phenoxy) is 3. The van der Waals surface area contributed by atoms with Crippen LogP contribution in [0.2, 0.25) is 5.02 Å². The number of nitrogens with zero attached hydrogens (tertiary/aromatic N) is 3. The fourth-order valence-electron chi connectivity index (χ4n) is 2.87. The molecular weight excluding hydrogens is 438 g/mol. The van der Waals surface area contributed by atoms with Crippen molar-refractivity contribution in [1.29, 1.82) is 0 Å². The van der Waals surface area contributed by atoms with E-state index < -0.39 is 6.61 Å². The van der Waals surface area contributed by atoms with Gasteiger partial charge in [0.2, 0.25) is 5.16 Å². The predicted octanol–water partition coefficient (Wildman–Crippen LogP) is 4.37. The molecule has 11 heteroatoms. The Kier molecular flexibility index (Phi) is 6.14. The Balaban J connectivity index is 1.47. The number of fused-ring (bicyclic) bond motifs is 1. The van der Waals surface area contributed by atoms with E-state index in [-0.39, 0.29) is 5.75 Å². The lowest BCUT2D eigenvalue weighted by Gasteiger charge is -2.11. The zero-order chi connectivity index (χ0) is 21.1. The van der Waals surface area contributed by atoms with Crippen molar-refractivity contribution in [2.75, 3.05) is 19.1 Å².